The van der Waals surface area contributed by atoms with Crippen molar-refractivity contribution in [2.75, 3.05) is 0 Å². The van der Waals surface area contributed by atoms with E-state index < -0.39 is 24.3 Å². The second-order valence-electron chi connectivity index (χ2n) is 10.0. The van der Waals surface area contributed by atoms with Gasteiger partial charge < -0.3 is 0 Å². The van der Waals surface area contributed by atoms with Gasteiger partial charge in [0.25, 0.3) is 0 Å². The number of ketones is 1. The van der Waals surface area contributed by atoms with Gasteiger partial charge in [-0.1, -0.05) is 87.0 Å². The zero-order valence-electron chi connectivity index (χ0n) is 19.7. The lowest BCUT2D eigenvalue weighted by Crippen LogP contribution is -2.39. The van der Waals surface area contributed by atoms with Gasteiger partial charge in [-0.05, 0) is 60.9 Å². The molecule has 0 heterocycles. The Labute approximate surface area is 212 Å². The monoisotopic (exact) mass is 525 g/mol. The smallest absolute Gasteiger partial charge is 0.243 e. The van der Waals surface area contributed by atoms with Crippen LogP contribution in [-0.4, -0.2) is 16.5 Å². The van der Waals surface area contributed by atoms with E-state index in [1.807, 2.05) is 26.0 Å². The van der Waals surface area contributed by atoms with E-state index in [-0.39, 0.29) is 21.0 Å². The van der Waals surface area contributed by atoms with E-state index in [1.165, 1.54) is 12.1 Å². The normalized spacial score (nSPS) is 16.4. The van der Waals surface area contributed by atoms with Crippen molar-refractivity contribution in [3.63, 3.8) is 0 Å². The number of carbonyl (C=O) groups excluding carboxylic acids is 2. The molecule has 1 unspecified atom stereocenters. The SMILES string of the molecule is Cc1cc(C(C)(C)C)cc(C)c1C(=O)[P](=O)C1(C(=O)c2c(Cl)cc(Cl)cc2Cl)CCCCC1. The van der Waals surface area contributed by atoms with Crippen LogP contribution in [-0.2, 0) is 9.98 Å². The number of carbonyl (C=O) groups is 2. The molecule has 1 radical (unpaired) electrons. The number of hydrogen-bond acceptors (Lipinski definition) is 3. The highest BCUT2D eigenvalue weighted by atomic mass is 35.5. The van der Waals surface area contributed by atoms with Gasteiger partial charge in [0.2, 0.25) is 5.52 Å². The Hall–Kier alpha value is -1.25. The standard InChI is InChI=1S/C26H29Cl3O3P/c1-15-11-17(25(3,4)5)12-16(2)21(15)24(31)33(32)26(9-7-6-8-10-26)23(30)22-19(28)13-18(27)14-20(22)29/h11-14H,6-10H2,1-5H3. The van der Waals surface area contributed by atoms with Crippen LogP contribution in [0.2, 0.25) is 15.1 Å². The first-order valence-corrected chi connectivity index (χ1v) is 13.5. The van der Waals surface area contributed by atoms with E-state index in [2.05, 4.69) is 20.8 Å². The summed E-state index contributed by atoms with van der Waals surface area (Å²) >= 11 is 18.7. The van der Waals surface area contributed by atoms with Gasteiger partial charge >= 0.3 is 0 Å². The third-order valence-electron chi connectivity index (χ3n) is 6.52. The molecule has 1 atom stereocenters. The Morgan fingerprint density at radius 2 is 1.33 bits per heavy atom. The fourth-order valence-corrected chi connectivity index (χ4v) is 7.63. The van der Waals surface area contributed by atoms with Gasteiger partial charge in [0, 0.05) is 10.6 Å². The molecule has 0 aliphatic heterocycles. The lowest BCUT2D eigenvalue weighted by Gasteiger charge is -2.34. The Kier molecular flexibility index (Phi) is 7.81. The summed E-state index contributed by atoms with van der Waals surface area (Å²) in [5, 5.41) is -0.793. The van der Waals surface area contributed by atoms with E-state index in [1.54, 1.807) is 0 Å². The molecule has 1 fully saturated rings. The minimum absolute atomic E-state index is 0.0814. The van der Waals surface area contributed by atoms with Crippen molar-refractivity contribution < 1.29 is 14.2 Å². The van der Waals surface area contributed by atoms with Crippen LogP contribution in [0.4, 0.5) is 0 Å². The van der Waals surface area contributed by atoms with Gasteiger partial charge in [-0.2, -0.15) is 0 Å². The van der Waals surface area contributed by atoms with E-state index in [9.17, 15) is 14.2 Å². The molecule has 33 heavy (non-hydrogen) atoms. The second-order valence-corrected chi connectivity index (χ2v) is 13.1. The molecule has 3 rings (SSSR count). The first-order valence-electron chi connectivity index (χ1n) is 11.1. The highest BCUT2D eigenvalue weighted by Crippen LogP contribution is 2.54. The third kappa shape index (κ3) is 5.08. The summed E-state index contributed by atoms with van der Waals surface area (Å²) in [5.74, 6) is -0.426. The molecular weight excluding hydrogens is 498 g/mol. The number of Topliss-reactive ketones (excluding diaryl/α,β-unsaturated/α-hetero) is 1. The molecule has 1 aliphatic carbocycles. The van der Waals surface area contributed by atoms with E-state index in [0.717, 1.165) is 23.1 Å². The van der Waals surface area contributed by atoms with Crippen molar-refractivity contribution in [1.29, 1.82) is 0 Å². The van der Waals surface area contributed by atoms with Crippen LogP contribution in [0.1, 0.15) is 90.3 Å². The molecule has 0 saturated heterocycles. The van der Waals surface area contributed by atoms with Crippen LogP contribution in [0.3, 0.4) is 0 Å². The van der Waals surface area contributed by atoms with Gasteiger partial charge in [0.05, 0.1) is 15.6 Å². The summed E-state index contributed by atoms with van der Waals surface area (Å²) < 4.78 is 14.0. The molecule has 1 saturated carbocycles. The molecule has 177 valence electrons. The largest absolute Gasteiger partial charge is 0.293 e. The van der Waals surface area contributed by atoms with Gasteiger partial charge in [-0.25, -0.2) is 0 Å². The number of benzene rings is 2. The van der Waals surface area contributed by atoms with Crippen LogP contribution >= 0.6 is 42.6 Å². The highest BCUT2D eigenvalue weighted by molar-refractivity contribution is 7.67. The molecule has 0 spiro atoms. The van der Waals surface area contributed by atoms with E-state index in [4.69, 9.17) is 34.8 Å². The van der Waals surface area contributed by atoms with E-state index >= 15 is 0 Å². The average molecular weight is 527 g/mol. The molecule has 2 aromatic carbocycles. The van der Waals surface area contributed by atoms with Crippen LogP contribution in [0, 0.1) is 13.8 Å². The van der Waals surface area contributed by atoms with Gasteiger partial charge in [0.1, 0.15) is 5.16 Å². The summed E-state index contributed by atoms with van der Waals surface area (Å²) in [6, 6.07) is 6.86. The third-order valence-corrected chi connectivity index (χ3v) is 9.36. The lowest BCUT2D eigenvalue weighted by atomic mass is 9.82. The van der Waals surface area contributed by atoms with Crippen LogP contribution in [0.15, 0.2) is 24.3 Å². The Morgan fingerprint density at radius 1 is 0.848 bits per heavy atom. The summed E-state index contributed by atoms with van der Waals surface area (Å²) in [7, 11) is -2.57. The Morgan fingerprint density at radius 3 is 1.79 bits per heavy atom. The first-order chi connectivity index (χ1) is 15.3. The maximum absolute atomic E-state index is 14.0. The molecule has 0 amide bonds. The molecular formula is C26H29Cl3O3P. The molecule has 2 aromatic rings. The maximum Gasteiger partial charge on any atom is 0.243 e. The van der Waals surface area contributed by atoms with Crippen molar-refractivity contribution in [3.8, 4) is 0 Å². The Bertz CT molecular complexity index is 1100. The molecule has 7 heteroatoms. The Balaban J connectivity index is 2.11. The minimum Gasteiger partial charge on any atom is -0.293 e. The molecule has 0 bridgehead atoms. The van der Waals surface area contributed by atoms with Crippen LogP contribution in [0.25, 0.3) is 0 Å². The average Bonchev–Trinajstić information content (AvgIpc) is 2.71. The van der Waals surface area contributed by atoms with Crippen molar-refractivity contribution in [1.82, 2.24) is 0 Å². The van der Waals surface area contributed by atoms with Crippen LogP contribution in [0.5, 0.6) is 0 Å². The van der Waals surface area contributed by atoms with Gasteiger partial charge in [-0.3, -0.25) is 14.2 Å². The van der Waals surface area contributed by atoms with Crippen molar-refractivity contribution >= 4 is 53.9 Å². The molecule has 0 aromatic heterocycles. The van der Waals surface area contributed by atoms with Gasteiger partial charge in [0.15, 0.2) is 13.6 Å². The fourth-order valence-electron chi connectivity index (χ4n) is 4.68. The predicted molar refractivity (Wildman–Crippen MR) is 138 cm³/mol. The molecule has 3 nitrogen and oxygen atoms in total. The van der Waals surface area contributed by atoms with Crippen molar-refractivity contribution in [2.45, 2.75) is 77.3 Å². The molecule has 0 N–H and O–H groups in total. The van der Waals surface area contributed by atoms with Crippen molar-refractivity contribution in [2.24, 2.45) is 0 Å². The summed E-state index contributed by atoms with van der Waals surface area (Å²) in [5.41, 5.74) is 2.63. The number of halogens is 3. The second kappa shape index (κ2) is 9.78. The number of rotatable bonds is 5. The quantitative estimate of drug-likeness (QED) is 0.288. The number of aryl methyl sites for hydroxylation is 2. The highest BCUT2D eigenvalue weighted by Gasteiger charge is 2.50. The number of hydrogen-bond donors (Lipinski definition) is 0. The lowest BCUT2D eigenvalue weighted by molar-refractivity contribution is 0.0903. The zero-order valence-corrected chi connectivity index (χ0v) is 22.8. The summed E-state index contributed by atoms with van der Waals surface area (Å²) in [4.78, 5) is 27.5. The maximum atomic E-state index is 14.0. The molecule has 1 aliphatic rings. The zero-order chi connectivity index (χ0) is 24.7. The van der Waals surface area contributed by atoms with E-state index in [0.29, 0.717) is 36.3 Å². The summed E-state index contributed by atoms with van der Waals surface area (Å²) in [6.07, 6.45) is 3.07. The first kappa shape index (κ1) is 26.4. The van der Waals surface area contributed by atoms with Crippen molar-refractivity contribution in [3.05, 3.63) is 67.2 Å². The minimum atomic E-state index is -2.57. The summed E-state index contributed by atoms with van der Waals surface area (Å²) in [6.45, 7) is 10.1. The predicted octanol–water partition coefficient (Wildman–Crippen LogP) is 9.11. The topological polar surface area (TPSA) is 51.2 Å². The van der Waals surface area contributed by atoms with Crippen LogP contribution < -0.4 is 0 Å². The fraction of sp³-hybridized carbons (Fsp3) is 0.462. The van der Waals surface area contributed by atoms with Gasteiger partial charge in [-0.15, -0.1) is 0 Å².